The molecule has 0 aliphatic carbocycles. The molecule has 0 saturated carbocycles. The topological polar surface area (TPSA) is 108 Å². The van der Waals surface area contributed by atoms with E-state index in [1.165, 1.54) is 10.9 Å². The van der Waals surface area contributed by atoms with E-state index >= 15 is 0 Å². The van der Waals surface area contributed by atoms with Crippen LogP contribution in [0.1, 0.15) is 5.56 Å². The van der Waals surface area contributed by atoms with Crippen LogP contribution >= 0.6 is 0 Å². The summed E-state index contributed by atoms with van der Waals surface area (Å²) in [5.41, 5.74) is 0.968. The Bertz CT molecular complexity index is 1160. The number of benzene rings is 2. The van der Waals surface area contributed by atoms with Gasteiger partial charge in [-0.2, -0.15) is 10.2 Å². The third-order valence-electron chi connectivity index (χ3n) is 4.26. The maximum atomic E-state index is 12.1. The maximum absolute atomic E-state index is 12.1. The number of rotatable bonds is 6. The fourth-order valence-electron chi connectivity index (χ4n) is 2.98. The van der Waals surface area contributed by atoms with Gasteiger partial charge in [0.2, 0.25) is 5.91 Å². The quantitative estimate of drug-likeness (QED) is 0.411. The first-order valence-electron chi connectivity index (χ1n) is 8.55. The second kappa shape index (κ2) is 7.31. The smallest absolute Gasteiger partial charge is 0.307 e. The molecule has 1 amide bonds. The zero-order chi connectivity index (χ0) is 19.5. The second-order valence-corrected chi connectivity index (χ2v) is 6.24. The van der Waals surface area contributed by atoms with Gasteiger partial charge in [0.05, 0.1) is 11.5 Å². The van der Waals surface area contributed by atoms with Crippen molar-refractivity contribution in [1.29, 1.82) is 0 Å². The van der Waals surface area contributed by atoms with Gasteiger partial charge in [-0.05, 0) is 16.3 Å². The molecule has 0 radical (unpaired) electrons. The van der Waals surface area contributed by atoms with Crippen LogP contribution in [0.25, 0.3) is 10.8 Å². The highest BCUT2D eigenvalue weighted by Gasteiger charge is 2.12. The maximum Gasteiger partial charge on any atom is 0.307 e. The SMILES string of the molecule is O=C(Cn1cc([N+](=O)[O-])cn1)Nc1ccn(Cc2cccc3ccccc23)n1. The Kier molecular flexibility index (Phi) is 4.55. The van der Waals surface area contributed by atoms with Gasteiger partial charge in [-0.15, -0.1) is 0 Å². The lowest BCUT2D eigenvalue weighted by Crippen LogP contribution is -2.19. The molecule has 2 aromatic carbocycles. The number of nitrogens with one attached hydrogen (secondary N) is 1. The van der Waals surface area contributed by atoms with E-state index in [1.807, 2.05) is 24.3 Å². The van der Waals surface area contributed by atoms with Crippen molar-refractivity contribution in [2.24, 2.45) is 0 Å². The van der Waals surface area contributed by atoms with Crippen LogP contribution in [0.15, 0.2) is 67.1 Å². The first-order valence-corrected chi connectivity index (χ1v) is 8.55. The van der Waals surface area contributed by atoms with Crippen LogP contribution in [-0.2, 0) is 17.9 Å². The van der Waals surface area contributed by atoms with E-state index < -0.39 is 4.92 Å². The van der Waals surface area contributed by atoms with Crippen molar-refractivity contribution in [3.8, 4) is 0 Å². The standard InChI is InChI=1S/C19H16N6O3/c26-19(13-24-12-16(10-20-24)25(27)28)21-18-8-9-23(22-18)11-15-6-3-5-14-4-1-2-7-17(14)15/h1-10,12H,11,13H2,(H,21,22,26). The van der Waals surface area contributed by atoms with Crippen LogP contribution in [0, 0.1) is 10.1 Å². The highest BCUT2D eigenvalue weighted by molar-refractivity contribution is 5.89. The molecular weight excluding hydrogens is 360 g/mol. The van der Waals surface area contributed by atoms with Gasteiger partial charge in [0, 0.05) is 12.3 Å². The Morgan fingerprint density at radius 3 is 2.75 bits per heavy atom. The largest absolute Gasteiger partial charge is 0.308 e. The number of carbonyl (C=O) groups excluding carboxylic acids is 1. The third-order valence-corrected chi connectivity index (χ3v) is 4.26. The average Bonchev–Trinajstić information content (AvgIpc) is 3.32. The van der Waals surface area contributed by atoms with Crippen molar-refractivity contribution >= 4 is 28.2 Å². The summed E-state index contributed by atoms with van der Waals surface area (Å²) < 4.78 is 2.96. The first kappa shape index (κ1) is 17.4. The predicted molar refractivity (Wildman–Crippen MR) is 103 cm³/mol. The van der Waals surface area contributed by atoms with Gasteiger partial charge >= 0.3 is 5.69 Å². The lowest BCUT2D eigenvalue weighted by atomic mass is 10.0. The molecule has 28 heavy (non-hydrogen) atoms. The third kappa shape index (κ3) is 3.73. The summed E-state index contributed by atoms with van der Waals surface area (Å²) in [5.74, 6) is 0.0419. The molecule has 0 fully saturated rings. The zero-order valence-electron chi connectivity index (χ0n) is 14.7. The predicted octanol–water partition coefficient (Wildman–Crippen LogP) is 2.83. The van der Waals surface area contributed by atoms with E-state index in [9.17, 15) is 14.9 Å². The lowest BCUT2D eigenvalue weighted by molar-refractivity contribution is -0.385. The molecular formula is C19H16N6O3. The van der Waals surface area contributed by atoms with E-state index in [0.29, 0.717) is 12.4 Å². The van der Waals surface area contributed by atoms with Crippen LogP contribution in [0.5, 0.6) is 0 Å². The highest BCUT2D eigenvalue weighted by Crippen LogP contribution is 2.19. The van der Waals surface area contributed by atoms with Crippen LogP contribution < -0.4 is 5.32 Å². The molecule has 9 nitrogen and oxygen atoms in total. The molecule has 0 atom stereocenters. The Morgan fingerprint density at radius 1 is 1.11 bits per heavy atom. The molecule has 0 saturated heterocycles. The fraction of sp³-hybridized carbons (Fsp3) is 0.105. The number of nitrogens with zero attached hydrogens (tertiary/aromatic N) is 5. The van der Waals surface area contributed by atoms with E-state index in [-0.39, 0.29) is 18.1 Å². The molecule has 4 aromatic rings. The highest BCUT2D eigenvalue weighted by atomic mass is 16.6. The summed E-state index contributed by atoms with van der Waals surface area (Å²) in [6.07, 6.45) is 4.10. The summed E-state index contributed by atoms with van der Waals surface area (Å²) in [5, 5.41) is 23.8. The van der Waals surface area contributed by atoms with Gasteiger partial charge in [-0.25, -0.2) is 0 Å². The fourth-order valence-corrected chi connectivity index (χ4v) is 2.98. The van der Waals surface area contributed by atoms with E-state index in [4.69, 9.17) is 0 Å². The van der Waals surface area contributed by atoms with Gasteiger partial charge in [-0.3, -0.25) is 24.3 Å². The number of hydrogen-bond donors (Lipinski definition) is 1. The molecule has 0 bridgehead atoms. The Morgan fingerprint density at radius 2 is 1.93 bits per heavy atom. The molecule has 1 N–H and O–H groups in total. The molecule has 2 heterocycles. The number of nitro groups is 1. The summed E-state index contributed by atoms with van der Waals surface area (Å²) >= 11 is 0. The van der Waals surface area contributed by atoms with Crippen molar-refractivity contribution in [1.82, 2.24) is 19.6 Å². The van der Waals surface area contributed by atoms with Crippen LogP contribution in [0.4, 0.5) is 11.5 Å². The van der Waals surface area contributed by atoms with Crippen molar-refractivity contribution in [2.75, 3.05) is 5.32 Å². The molecule has 0 aliphatic heterocycles. The van der Waals surface area contributed by atoms with Crippen molar-refractivity contribution < 1.29 is 9.72 Å². The van der Waals surface area contributed by atoms with Gasteiger partial charge in [0.25, 0.3) is 0 Å². The van der Waals surface area contributed by atoms with E-state index in [1.54, 1.807) is 16.9 Å². The monoisotopic (exact) mass is 376 g/mol. The van der Waals surface area contributed by atoms with E-state index in [0.717, 1.165) is 22.5 Å². The Labute approximate surface area is 159 Å². The molecule has 0 spiro atoms. The molecule has 9 heteroatoms. The minimum atomic E-state index is -0.559. The minimum Gasteiger partial charge on any atom is -0.308 e. The number of anilines is 1. The van der Waals surface area contributed by atoms with Crippen LogP contribution in [0.2, 0.25) is 0 Å². The summed E-state index contributed by atoms with van der Waals surface area (Å²) in [7, 11) is 0. The van der Waals surface area contributed by atoms with Crippen LogP contribution in [-0.4, -0.2) is 30.4 Å². The Hall–Kier alpha value is -4.01. The number of hydrogen-bond acceptors (Lipinski definition) is 5. The average molecular weight is 376 g/mol. The van der Waals surface area contributed by atoms with Crippen LogP contribution in [0.3, 0.4) is 0 Å². The Balaban J connectivity index is 1.42. The number of fused-ring (bicyclic) bond motifs is 1. The van der Waals surface area contributed by atoms with Gasteiger partial charge in [-0.1, -0.05) is 42.5 Å². The molecule has 2 aromatic heterocycles. The molecule has 4 rings (SSSR count). The van der Waals surface area contributed by atoms with E-state index in [2.05, 4.69) is 33.7 Å². The molecule has 0 aliphatic rings. The van der Waals surface area contributed by atoms with Crippen molar-refractivity contribution in [3.05, 3.63) is 82.8 Å². The number of aromatic nitrogens is 4. The minimum absolute atomic E-state index is 0.135. The molecule has 0 unspecified atom stereocenters. The number of carbonyl (C=O) groups is 1. The summed E-state index contributed by atoms with van der Waals surface area (Å²) in [6.45, 7) is 0.437. The normalized spacial score (nSPS) is 10.9. The number of amides is 1. The van der Waals surface area contributed by atoms with Crippen molar-refractivity contribution in [2.45, 2.75) is 13.1 Å². The molecule has 140 valence electrons. The lowest BCUT2D eigenvalue weighted by Gasteiger charge is -2.07. The summed E-state index contributed by atoms with van der Waals surface area (Å²) in [4.78, 5) is 22.2. The van der Waals surface area contributed by atoms with Crippen molar-refractivity contribution in [3.63, 3.8) is 0 Å². The summed E-state index contributed by atoms with van der Waals surface area (Å²) in [6, 6.07) is 16.0. The second-order valence-electron chi connectivity index (χ2n) is 6.24. The van der Waals surface area contributed by atoms with Gasteiger partial charge < -0.3 is 5.32 Å². The van der Waals surface area contributed by atoms with Gasteiger partial charge in [0.15, 0.2) is 5.82 Å². The zero-order valence-corrected chi connectivity index (χ0v) is 14.7. The first-order chi connectivity index (χ1) is 13.6. The van der Waals surface area contributed by atoms with Gasteiger partial charge in [0.1, 0.15) is 18.9 Å².